The van der Waals surface area contributed by atoms with E-state index in [-0.39, 0.29) is 22.8 Å². The number of pyridine rings is 2. The monoisotopic (exact) mass is 464 g/mol. The minimum absolute atomic E-state index is 0.0726. The molecule has 174 valence electrons. The molecule has 0 saturated carbocycles. The largest absolute Gasteiger partial charge is 0.413 e. The lowest BCUT2D eigenvalue weighted by molar-refractivity contribution is -0.601. The van der Waals surface area contributed by atoms with Crippen molar-refractivity contribution in [2.45, 2.75) is 0 Å². The molecule has 4 aromatic rings. The van der Waals surface area contributed by atoms with Crippen molar-refractivity contribution in [3.8, 4) is 22.8 Å². The molecule has 0 fully saturated rings. The van der Waals surface area contributed by atoms with E-state index in [0.717, 1.165) is 11.4 Å². The minimum atomic E-state index is -0.785. The molecular formula is C22H24N8O4+2. The second-order valence-electron chi connectivity index (χ2n) is 7.98. The van der Waals surface area contributed by atoms with Gasteiger partial charge in [-0.3, -0.25) is 19.6 Å². The maximum Gasteiger partial charge on any atom is 0.413 e. The van der Waals surface area contributed by atoms with Crippen LogP contribution in [0.25, 0.3) is 22.8 Å². The Morgan fingerprint density at radius 2 is 0.882 bits per heavy atom. The Labute approximate surface area is 192 Å². The van der Waals surface area contributed by atoms with Crippen molar-refractivity contribution in [1.29, 1.82) is 0 Å². The number of aromatic amines is 4. The third-order valence-corrected chi connectivity index (χ3v) is 5.27. The predicted octanol–water partition coefficient (Wildman–Crippen LogP) is -1.21. The van der Waals surface area contributed by atoms with Crippen molar-refractivity contribution in [3.05, 3.63) is 90.7 Å². The summed E-state index contributed by atoms with van der Waals surface area (Å²) in [6, 6.07) is 7.15. The molecule has 4 heterocycles. The lowest BCUT2D eigenvalue weighted by Crippen LogP contribution is -2.43. The molecule has 12 nitrogen and oxygen atoms in total. The second-order valence-corrected chi connectivity index (χ2v) is 7.98. The quantitative estimate of drug-likeness (QED) is 0.273. The van der Waals surface area contributed by atoms with E-state index < -0.39 is 22.5 Å². The average molecular weight is 464 g/mol. The molecule has 0 aliphatic heterocycles. The zero-order valence-electron chi connectivity index (χ0n) is 19.0. The van der Waals surface area contributed by atoms with Gasteiger partial charge in [-0.25, -0.2) is 18.7 Å². The highest BCUT2D eigenvalue weighted by Gasteiger charge is 2.30. The number of H-pyrrole nitrogens is 4. The number of aromatic nitrogens is 6. The van der Waals surface area contributed by atoms with Crippen molar-refractivity contribution in [1.82, 2.24) is 19.9 Å². The zero-order valence-corrected chi connectivity index (χ0v) is 19.0. The first-order valence-corrected chi connectivity index (χ1v) is 10.3. The molecule has 0 unspecified atom stereocenters. The molecular weight excluding hydrogens is 440 g/mol. The molecule has 0 atom stereocenters. The van der Waals surface area contributed by atoms with E-state index in [2.05, 4.69) is 19.9 Å². The summed E-state index contributed by atoms with van der Waals surface area (Å²) in [5, 5.41) is 0. The summed E-state index contributed by atoms with van der Waals surface area (Å²) in [6.45, 7) is 0. The molecule has 4 N–H and O–H groups in total. The average Bonchev–Trinajstić information content (AvgIpc) is 2.79. The van der Waals surface area contributed by atoms with Gasteiger partial charge in [0.25, 0.3) is 11.1 Å². The van der Waals surface area contributed by atoms with Crippen molar-refractivity contribution in [2.75, 3.05) is 38.0 Å². The molecule has 4 aromatic heterocycles. The fraction of sp³-hybridized carbons (Fsp3) is 0.182. The predicted molar refractivity (Wildman–Crippen MR) is 126 cm³/mol. The first-order chi connectivity index (χ1) is 16.2. The number of nitrogens with one attached hydrogen (secondary N) is 4. The number of anilines is 2. The lowest BCUT2D eigenvalue weighted by atomic mass is 10.1. The van der Waals surface area contributed by atoms with Crippen LogP contribution in [0.1, 0.15) is 0 Å². The van der Waals surface area contributed by atoms with Crippen LogP contribution < -0.4 is 41.4 Å². The van der Waals surface area contributed by atoms with Gasteiger partial charge < -0.3 is 9.80 Å². The second kappa shape index (κ2) is 8.65. The maximum absolute atomic E-state index is 13.0. The highest BCUT2D eigenvalue weighted by Crippen LogP contribution is 2.18. The van der Waals surface area contributed by atoms with E-state index in [0.29, 0.717) is 0 Å². The van der Waals surface area contributed by atoms with E-state index in [1.54, 1.807) is 49.1 Å². The first-order valence-electron chi connectivity index (χ1n) is 10.3. The summed E-state index contributed by atoms with van der Waals surface area (Å²) in [5.41, 5.74) is -1.48. The van der Waals surface area contributed by atoms with Crippen LogP contribution in [-0.2, 0) is 0 Å². The van der Waals surface area contributed by atoms with Crippen LogP contribution in [0, 0.1) is 0 Å². The standard InChI is InChI=1S/C22H22N8O4/c1-27(2)13-5-9-29(10-6-13)17-15(19(31)25-21(33)23-17)16-18(24-22(34)26-20(16)32)30-11-7-14(8-12-30)28(3)4/h5-12H,1-4H3,(H2-2,23,24,25,26,31,32,33,34)/p+2. The number of rotatable bonds is 5. The summed E-state index contributed by atoms with van der Waals surface area (Å²) in [5.74, 6) is 0.145. The van der Waals surface area contributed by atoms with Crippen molar-refractivity contribution in [2.24, 2.45) is 0 Å². The summed E-state index contributed by atoms with van der Waals surface area (Å²) in [7, 11) is 7.52. The van der Waals surface area contributed by atoms with E-state index in [9.17, 15) is 19.2 Å². The van der Waals surface area contributed by atoms with Gasteiger partial charge >= 0.3 is 23.0 Å². The third-order valence-electron chi connectivity index (χ3n) is 5.27. The Kier molecular flexibility index (Phi) is 5.72. The highest BCUT2D eigenvalue weighted by atomic mass is 16.2. The van der Waals surface area contributed by atoms with E-state index in [4.69, 9.17) is 0 Å². The Morgan fingerprint density at radius 1 is 0.559 bits per heavy atom. The SMILES string of the molecule is CN(C)c1cc[n+](-c2[nH]c(=O)[nH]c(=O)c2-c2c(-[n+]3ccc(N(C)C)cc3)[nH]c(=O)[nH]c2=O)cc1. The summed E-state index contributed by atoms with van der Waals surface area (Å²) < 4.78 is 3.04. The van der Waals surface area contributed by atoms with E-state index in [1.807, 2.05) is 38.0 Å². The van der Waals surface area contributed by atoms with Crippen molar-refractivity contribution in [3.63, 3.8) is 0 Å². The van der Waals surface area contributed by atoms with Gasteiger partial charge in [0.05, 0.1) is 24.8 Å². The molecule has 34 heavy (non-hydrogen) atoms. The summed E-state index contributed by atoms with van der Waals surface area (Å²) in [4.78, 5) is 63.7. The Balaban J connectivity index is 2.02. The minimum Gasteiger partial charge on any atom is -0.377 e. The molecule has 4 rings (SSSR count). The molecule has 0 aliphatic carbocycles. The summed E-state index contributed by atoms with van der Waals surface area (Å²) >= 11 is 0. The van der Waals surface area contributed by atoms with Crippen LogP contribution in [0.15, 0.2) is 68.2 Å². The Hall–Kier alpha value is -4.74. The van der Waals surface area contributed by atoms with Gasteiger partial charge in [-0.15, -0.1) is 0 Å². The van der Waals surface area contributed by atoms with Crippen LogP contribution in [0.5, 0.6) is 0 Å². The smallest absolute Gasteiger partial charge is 0.377 e. The van der Waals surface area contributed by atoms with Crippen molar-refractivity contribution < 1.29 is 9.13 Å². The van der Waals surface area contributed by atoms with Crippen LogP contribution in [-0.4, -0.2) is 48.1 Å². The fourth-order valence-corrected chi connectivity index (χ4v) is 3.53. The molecule has 0 aromatic carbocycles. The normalized spacial score (nSPS) is 10.8. The third kappa shape index (κ3) is 4.16. The Morgan fingerprint density at radius 3 is 1.18 bits per heavy atom. The van der Waals surface area contributed by atoms with Gasteiger partial charge in [-0.05, 0) is 0 Å². The van der Waals surface area contributed by atoms with Gasteiger partial charge in [0.15, 0.2) is 11.1 Å². The number of hydrogen-bond acceptors (Lipinski definition) is 6. The van der Waals surface area contributed by atoms with Crippen LogP contribution in [0.2, 0.25) is 0 Å². The molecule has 12 heteroatoms. The molecule has 0 bridgehead atoms. The van der Waals surface area contributed by atoms with E-state index in [1.165, 1.54) is 9.13 Å². The number of hydrogen-bond donors (Lipinski definition) is 4. The molecule has 0 saturated heterocycles. The lowest BCUT2D eigenvalue weighted by Gasteiger charge is -2.12. The Bertz CT molecular complexity index is 1460. The maximum atomic E-state index is 13.0. The van der Waals surface area contributed by atoms with Gasteiger partial charge in [-0.1, -0.05) is 0 Å². The topological polar surface area (TPSA) is 146 Å². The first kappa shape index (κ1) is 22.5. The highest BCUT2D eigenvalue weighted by molar-refractivity contribution is 5.71. The number of nitrogens with zero attached hydrogens (tertiary/aromatic N) is 4. The van der Waals surface area contributed by atoms with Crippen molar-refractivity contribution >= 4 is 11.4 Å². The van der Waals surface area contributed by atoms with Gasteiger partial charge in [0.1, 0.15) is 0 Å². The van der Waals surface area contributed by atoms with Gasteiger partial charge in [-0.2, -0.15) is 9.97 Å². The zero-order chi connectivity index (χ0) is 24.6. The fourth-order valence-electron chi connectivity index (χ4n) is 3.53. The van der Waals surface area contributed by atoms with Crippen LogP contribution >= 0.6 is 0 Å². The molecule has 0 spiro atoms. The van der Waals surface area contributed by atoms with E-state index >= 15 is 0 Å². The van der Waals surface area contributed by atoms with Crippen LogP contribution in [0.3, 0.4) is 0 Å². The van der Waals surface area contributed by atoms with Crippen LogP contribution in [0.4, 0.5) is 11.4 Å². The van der Waals surface area contributed by atoms with Gasteiger partial charge in [0, 0.05) is 63.8 Å². The molecule has 0 aliphatic rings. The molecule has 0 radical (unpaired) electrons. The summed E-state index contributed by atoms with van der Waals surface area (Å²) in [6.07, 6.45) is 6.62. The van der Waals surface area contributed by atoms with Gasteiger partial charge in [0.2, 0.25) is 0 Å². The molecule has 0 amide bonds.